The lowest BCUT2D eigenvalue weighted by Crippen LogP contribution is -2.20. The number of thiazole rings is 1. The summed E-state index contributed by atoms with van der Waals surface area (Å²) in [6.07, 6.45) is 1.46. The molecule has 1 aliphatic rings. The van der Waals surface area contributed by atoms with Gasteiger partial charge in [0.2, 0.25) is 5.91 Å². The minimum atomic E-state index is -0.345. The number of fused-ring (bicyclic) bond motifs is 1. The van der Waals surface area contributed by atoms with Gasteiger partial charge in [-0.05, 0) is 61.7 Å². The van der Waals surface area contributed by atoms with Crippen LogP contribution in [0.5, 0.6) is 0 Å². The lowest BCUT2D eigenvalue weighted by atomic mass is 10.1. The summed E-state index contributed by atoms with van der Waals surface area (Å²) in [5, 5.41) is 7.39. The number of aromatic nitrogens is 1. The molecule has 0 saturated carbocycles. The standard InChI is InChI=1S/C21H17Cl2N3O2S/c1-11-2-7-14(10-16(11)23)24-20(28)15-8-9-17-18(15)25-21(29-17)26-19(27)12-3-5-13(22)6-4-12/h2-7,10,15H,8-9H2,1H3,(H,24,28)(H,25,26,27). The van der Waals surface area contributed by atoms with Crippen molar-refractivity contribution in [3.05, 3.63) is 74.2 Å². The van der Waals surface area contributed by atoms with Gasteiger partial charge in [0.15, 0.2) is 5.13 Å². The first kappa shape index (κ1) is 19.9. The van der Waals surface area contributed by atoms with Crippen LogP contribution in [-0.2, 0) is 11.2 Å². The molecule has 2 amide bonds. The van der Waals surface area contributed by atoms with Crippen LogP contribution in [0.2, 0.25) is 10.0 Å². The highest BCUT2D eigenvalue weighted by Crippen LogP contribution is 2.39. The second-order valence-corrected chi connectivity index (χ2v) is 8.76. The summed E-state index contributed by atoms with van der Waals surface area (Å²) in [6, 6.07) is 12.1. The Kier molecular flexibility index (Phi) is 5.58. The Labute approximate surface area is 182 Å². The van der Waals surface area contributed by atoms with E-state index in [0.29, 0.717) is 32.8 Å². The van der Waals surface area contributed by atoms with Gasteiger partial charge in [0.1, 0.15) is 0 Å². The summed E-state index contributed by atoms with van der Waals surface area (Å²) in [7, 11) is 0. The Balaban J connectivity index is 1.46. The van der Waals surface area contributed by atoms with Gasteiger partial charge in [-0.1, -0.05) is 29.3 Å². The summed E-state index contributed by atoms with van der Waals surface area (Å²) in [4.78, 5) is 30.7. The minimum Gasteiger partial charge on any atom is -0.325 e. The fourth-order valence-electron chi connectivity index (χ4n) is 3.21. The first-order chi connectivity index (χ1) is 13.9. The normalized spacial score (nSPS) is 15.1. The molecular formula is C21H17Cl2N3O2S. The van der Waals surface area contributed by atoms with Crippen molar-refractivity contribution in [3.63, 3.8) is 0 Å². The maximum Gasteiger partial charge on any atom is 0.257 e. The van der Waals surface area contributed by atoms with Crippen LogP contribution in [-0.4, -0.2) is 16.8 Å². The van der Waals surface area contributed by atoms with E-state index in [2.05, 4.69) is 15.6 Å². The highest BCUT2D eigenvalue weighted by Gasteiger charge is 2.33. The number of rotatable bonds is 4. The number of hydrogen-bond acceptors (Lipinski definition) is 4. The molecule has 29 heavy (non-hydrogen) atoms. The van der Waals surface area contributed by atoms with Gasteiger partial charge in [-0.3, -0.25) is 14.9 Å². The monoisotopic (exact) mass is 445 g/mol. The third-order valence-corrected chi connectivity index (χ3v) is 6.51. The Morgan fingerprint density at radius 1 is 1.10 bits per heavy atom. The molecule has 1 heterocycles. The van der Waals surface area contributed by atoms with Crippen LogP contribution >= 0.6 is 34.5 Å². The number of aryl methyl sites for hydroxylation is 2. The average Bonchev–Trinajstić information content (AvgIpc) is 3.25. The molecular weight excluding hydrogens is 429 g/mol. The smallest absolute Gasteiger partial charge is 0.257 e. The van der Waals surface area contributed by atoms with Gasteiger partial charge in [0, 0.05) is 26.2 Å². The zero-order valence-electron chi connectivity index (χ0n) is 15.5. The molecule has 0 fully saturated rings. The topological polar surface area (TPSA) is 71.1 Å². The quantitative estimate of drug-likeness (QED) is 0.542. The summed E-state index contributed by atoms with van der Waals surface area (Å²) in [5.74, 6) is -0.726. The van der Waals surface area contributed by atoms with Crippen molar-refractivity contribution in [2.45, 2.75) is 25.7 Å². The predicted molar refractivity (Wildman–Crippen MR) is 117 cm³/mol. The number of carbonyl (C=O) groups is 2. The van der Waals surface area contributed by atoms with Crippen molar-refractivity contribution in [1.82, 2.24) is 4.98 Å². The summed E-state index contributed by atoms with van der Waals surface area (Å²) >= 11 is 13.4. The molecule has 4 rings (SSSR count). The molecule has 1 atom stereocenters. The van der Waals surface area contributed by atoms with Gasteiger partial charge in [0.25, 0.3) is 5.91 Å². The molecule has 2 aromatic carbocycles. The molecule has 0 spiro atoms. The fraction of sp³-hybridized carbons (Fsp3) is 0.190. The van der Waals surface area contributed by atoms with E-state index in [1.54, 1.807) is 30.3 Å². The molecule has 1 aliphatic carbocycles. The van der Waals surface area contributed by atoms with Crippen LogP contribution in [0.1, 0.15) is 38.8 Å². The van der Waals surface area contributed by atoms with Crippen molar-refractivity contribution in [3.8, 4) is 0 Å². The van der Waals surface area contributed by atoms with Crippen molar-refractivity contribution < 1.29 is 9.59 Å². The fourth-order valence-corrected chi connectivity index (χ4v) is 4.55. The summed E-state index contributed by atoms with van der Waals surface area (Å²) in [5.41, 5.74) is 2.84. The number of amides is 2. The van der Waals surface area contributed by atoms with Crippen LogP contribution in [0, 0.1) is 6.92 Å². The van der Waals surface area contributed by atoms with E-state index in [1.165, 1.54) is 11.3 Å². The Bertz CT molecular complexity index is 1100. The van der Waals surface area contributed by atoms with Gasteiger partial charge in [-0.25, -0.2) is 4.98 Å². The number of nitrogens with one attached hydrogen (secondary N) is 2. The molecule has 1 unspecified atom stereocenters. The third kappa shape index (κ3) is 4.29. The van der Waals surface area contributed by atoms with E-state index in [4.69, 9.17) is 23.2 Å². The van der Waals surface area contributed by atoms with E-state index >= 15 is 0 Å². The van der Waals surface area contributed by atoms with E-state index in [1.807, 2.05) is 19.1 Å². The largest absolute Gasteiger partial charge is 0.325 e. The lowest BCUT2D eigenvalue weighted by Gasteiger charge is -2.11. The lowest BCUT2D eigenvalue weighted by molar-refractivity contribution is -0.117. The third-order valence-electron chi connectivity index (χ3n) is 4.80. The molecule has 0 radical (unpaired) electrons. The summed E-state index contributed by atoms with van der Waals surface area (Å²) in [6.45, 7) is 1.91. The molecule has 2 N–H and O–H groups in total. The predicted octanol–water partition coefficient (Wildman–Crippen LogP) is 5.68. The second-order valence-electron chi connectivity index (χ2n) is 6.83. The van der Waals surface area contributed by atoms with Crippen LogP contribution in [0.4, 0.5) is 10.8 Å². The Hall–Kier alpha value is -2.41. The van der Waals surface area contributed by atoms with Crippen molar-refractivity contribution >= 4 is 57.2 Å². The first-order valence-electron chi connectivity index (χ1n) is 9.04. The van der Waals surface area contributed by atoms with Gasteiger partial charge in [0.05, 0.1) is 11.6 Å². The molecule has 148 valence electrons. The van der Waals surface area contributed by atoms with E-state index in [0.717, 1.165) is 22.6 Å². The van der Waals surface area contributed by atoms with E-state index < -0.39 is 0 Å². The molecule has 0 bridgehead atoms. The van der Waals surface area contributed by atoms with Crippen molar-refractivity contribution in [1.29, 1.82) is 0 Å². The number of benzene rings is 2. The zero-order chi connectivity index (χ0) is 20.5. The highest BCUT2D eigenvalue weighted by molar-refractivity contribution is 7.16. The first-order valence-corrected chi connectivity index (χ1v) is 10.6. The molecule has 3 aromatic rings. The SMILES string of the molecule is Cc1ccc(NC(=O)C2CCc3sc(NC(=O)c4ccc(Cl)cc4)nc32)cc1Cl. The van der Waals surface area contributed by atoms with Crippen LogP contribution in [0.25, 0.3) is 0 Å². The Morgan fingerprint density at radius 2 is 1.86 bits per heavy atom. The molecule has 1 aromatic heterocycles. The molecule has 0 saturated heterocycles. The second kappa shape index (κ2) is 8.14. The van der Waals surface area contributed by atoms with E-state index in [9.17, 15) is 9.59 Å². The molecule has 5 nitrogen and oxygen atoms in total. The van der Waals surface area contributed by atoms with Crippen molar-refractivity contribution in [2.75, 3.05) is 10.6 Å². The maximum atomic E-state index is 12.8. The number of carbonyl (C=O) groups excluding carboxylic acids is 2. The van der Waals surface area contributed by atoms with E-state index in [-0.39, 0.29) is 17.7 Å². The van der Waals surface area contributed by atoms with Gasteiger partial charge < -0.3 is 5.32 Å². The van der Waals surface area contributed by atoms with Crippen LogP contribution < -0.4 is 10.6 Å². The minimum absolute atomic E-state index is 0.121. The Morgan fingerprint density at radius 3 is 2.59 bits per heavy atom. The summed E-state index contributed by atoms with van der Waals surface area (Å²) < 4.78 is 0. The number of hydrogen-bond donors (Lipinski definition) is 2. The number of nitrogens with zero attached hydrogens (tertiary/aromatic N) is 1. The van der Waals surface area contributed by atoms with Crippen molar-refractivity contribution in [2.24, 2.45) is 0 Å². The highest BCUT2D eigenvalue weighted by atomic mass is 35.5. The van der Waals surface area contributed by atoms with Crippen LogP contribution in [0.3, 0.4) is 0 Å². The average molecular weight is 446 g/mol. The molecule has 8 heteroatoms. The van der Waals surface area contributed by atoms with Gasteiger partial charge >= 0.3 is 0 Å². The van der Waals surface area contributed by atoms with Gasteiger partial charge in [-0.15, -0.1) is 11.3 Å². The number of halogens is 2. The van der Waals surface area contributed by atoms with Gasteiger partial charge in [-0.2, -0.15) is 0 Å². The molecule has 0 aliphatic heterocycles. The van der Waals surface area contributed by atoms with Crippen LogP contribution in [0.15, 0.2) is 42.5 Å². The zero-order valence-corrected chi connectivity index (χ0v) is 17.8. The maximum absolute atomic E-state index is 12.8. The number of anilines is 2.